The standard InChI is InChI=1S/C18H26N2O2/c1-11-9-13(3)16(14(4)10-11)20-18(22)17(21)19-15-8-6-5-7-12(15)2/h9-10,12,15H,5-8H2,1-4H3,(H,19,21)(H,20,22)/t12-,15+/m1/s1. The summed E-state index contributed by atoms with van der Waals surface area (Å²) in [6, 6.07) is 4.13. The van der Waals surface area contributed by atoms with Gasteiger partial charge in [0.05, 0.1) is 0 Å². The molecule has 0 unspecified atom stereocenters. The highest BCUT2D eigenvalue weighted by molar-refractivity contribution is 6.39. The molecule has 4 nitrogen and oxygen atoms in total. The summed E-state index contributed by atoms with van der Waals surface area (Å²) in [6.45, 7) is 8.03. The van der Waals surface area contributed by atoms with Gasteiger partial charge in [-0.05, 0) is 50.7 Å². The van der Waals surface area contributed by atoms with Crippen LogP contribution >= 0.6 is 0 Å². The number of benzene rings is 1. The van der Waals surface area contributed by atoms with Gasteiger partial charge in [-0.1, -0.05) is 37.5 Å². The first-order valence-electron chi connectivity index (χ1n) is 8.08. The minimum absolute atomic E-state index is 0.118. The van der Waals surface area contributed by atoms with Crippen LogP contribution in [0, 0.1) is 26.7 Å². The van der Waals surface area contributed by atoms with Crippen molar-refractivity contribution in [2.45, 2.75) is 59.4 Å². The molecule has 2 N–H and O–H groups in total. The van der Waals surface area contributed by atoms with Crippen LogP contribution in [0.15, 0.2) is 12.1 Å². The summed E-state index contributed by atoms with van der Waals surface area (Å²) in [5, 5.41) is 5.65. The summed E-state index contributed by atoms with van der Waals surface area (Å²) < 4.78 is 0. The SMILES string of the molecule is Cc1cc(C)c(NC(=O)C(=O)N[C@H]2CCCC[C@H]2C)c(C)c1. The highest BCUT2D eigenvalue weighted by Crippen LogP contribution is 2.24. The van der Waals surface area contributed by atoms with Crippen LogP contribution in [0.5, 0.6) is 0 Å². The Morgan fingerprint density at radius 1 is 1.00 bits per heavy atom. The van der Waals surface area contributed by atoms with E-state index in [0.717, 1.165) is 41.6 Å². The number of nitrogens with one attached hydrogen (secondary N) is 2. The van der Waals surface area contributed by atoms with Gasteiger partial charge in [0.15, 0.2) is 0 Å². The number of anilines is 1. The quantitative estimate of drug-likeness (QED) is 0.824. The summed E-state index contributed by atoms with van der Waals surface area (Å²) >= 11 is 0. The van der Waals surface area contributed by atoms with Crippen molar-refractivity contribution in [3.63, 3.8) is 0 Å². The zero-order valence-corrected chi connectivity index (χ0v) is 14.0. The second kappa shape index (κ2) is 6.95. The van der Waals surface area contributed by atoms with Crippen LogP contribution in [-0.4, -0.2) is 17.9 Å². The van der Waals surface area contributed by atoms with Gasteiger partial charge in [-0.2, -0.15) is 0 Å². The van der Waals surface area contributed by atoms with Gasteiger partial charge in [0, 0.05) is 11.7 Å². The monoisotopic (exact) mass is 302 g/mol. The number of hydrogen-bond acceptors (Lipinski definition) is 2. The molecule has 1 aliphatic carbocycles. The van der Waals surface area contributed by atoms with Crippen LogP contribution < -0.4 is 10.6 Å². The van der Waals surface area contributed by atoms with Gasteiger partial charge in [-0.15, -0.1) is 0 Å². The Hall–Kier alpha value is -1.84. The second-order valence-electron chi connectivity index (χ2n) is 6.57. The molecule has 0 spiro atoms. The van der Waals surface area contributed by atoms with Gasteiger partial charge in [-0.25, -0.2) is 0 Å². The number of aryl methyl sites for hydroxylation is 3. The van der Waals surface area contributed by atoms with E-state index in [2.05, 4.69) is 17.6 Å². The van der Waals surface area contributed by atoms with Crippen LogP contribution in [0.1, 0.15) is 49.3 Å². The maximum Gasteiger partial charge on any atom is 0.313 e. The summed E-state index contributed by atoms with van der Waals surface area (Å²) in [5.41, 5.74) is 3.84. The average Bonchev–Trinajstić information content (AvgIpc) is 2.45. The molecular weight excluding hydrogens is 276 g/mol. The number of rotatable bonds is 2. The van der Waals surface area contributed by atoms with E-state index in [1.165, 1.54) is 6.42 Å². The van der Waals surface area contributed by atoms with Crippen molar-refractivity contribution >= 4 is 17.5 Å². The van der Waals surface area contributed by atoms with Crippen molar-refractivity contribution in [1.29, 1.82) is 0 Å². The maximum absolute atomic E-state index is 12.2. The second-order valence-corrected chi connectivity index (χ2v) is 6.57. The first-order valence-corrected chi connectivity index (χ1v) is 8.08. The Balaban J connectivity index is 2.01. The minimum atomic E-state index is -0.576. The fourth-order valence-corrected chi connectivity index (χ4v) is 3.31. The highest BCUT2D eigenvalue weighted by atomic mass is 16.2. The molecule has 0 aliphatic heterocycles. The van der Waals surface area contributed by atoms with Gasteiger partial charge in [-0.3, -0.25) is 9.59 Å². The van der Waals surface area contributed by atoms with Crippen LogP contribution in [-0.2, 0) is 9.59 Å². The Morgan fingerprint density at radius 2 is 1.59 bits per heavy atom. The van der Waals surface area contributed by atoms with Gasteiger partial charge >= 0.3 is 11.8 Å². The van der Waals surface area contributed by atoms with Crippen molar-refractivity contribution in [3.8, 4) is 0 Å². The van der Waals surface area contributed by atoms with Gasteiger partial charge in [0.1, 0.15) is 0 Å². The smallest absolute Gasteiger partial charge is 0.313 e. The van der Waals surface area contributed by atoms with E-state index in [0.29, 0.717) is 5.92 Å². The lowest BCUT2D eigenvalue weighted by atomic mass is 9.86. The zero-order chi connectivity index (χ0) is 16.3. The Labute approximate surface area is 132 Å². The third-order valence-electron chi connectivity index (χ3n) is 4.55. The molecule has 2 atom stereocenters. The van der Waals surface area contributed by atoms with Crippen molar-refractivity contribution in [1.82, 2.24) is 5.32 Å². The molecule has 0 saturated heterocycles. The van der Waals surface area contributed by atoms with E-state index in [1.54, 1.807) is 0 Å². The fourth-order valence-electron chi connectivity index (χ4n) is 3.31. The van der Waals surface area contributed by atoms with E-state index in [-0.39, 0.29) is 6.04 Å². The molecular formula is C18H26N2O2. The van der Waals surface area contributed by atoms with Gasteiger partial charge in [0.2, 0.25) is 0 Å². The van der Waals surface area contributed by atoms with Crippen LogP contribution in [0.25, 0.3) is 0 Å². The fraction of sp³-hybridized carbons (Fsp3) is 0.556. The topological polar surface area (TPSA) is 58.2 Å². The molecule has 2 rings (SSSR count). The Morgan fingerprint density at radius 3 is 2.18 bits per heavy atom. The van der Waals surface area contributed by atoms with Crippen molar-refractivity contribution in [2.75, 3.05) is 5.32 Å². The lowest BCUT2D eigenvalue weighted by Gasteiger charge is -2.29. The van der Waals surface area contributed by atoms with Crippen molar-refractivity contribution in [3.05, 3.63) is 28.8 Å². The Kier molecular flexibility index (Phi) is 5.22. The van der Waals surface area contributed by atoms with Crippen LogP contribution in [0.4, 0.5) is 5.69 Å². The molecule has 1 aliphatic rings. The van der Waals surface area contributed by atoms with Crippen LogP contribution in [0.2, 0.25) is 0 Å². The molecule has 1 fully saturated rings. The third kappa shape index (κ3) is 3.87. The van der Waals surface area contributed by atoms with Crippen molar-refractivity contribution in [2.24, 2.45) is 5.92 Å². The molecule has 120 valence electrons. The van der Waals surface area contributed by atoms with E-state index in [9.17, 15) is 9.59 Å². The number of amides is 2. The first kappa shape index (κ1) is 16.5. The van der Waals surface area contributed by atoms with Crippen LogP contribution in [0.3, 0.4) is 0 Å². The normalized spacial score (nSPS) is 21.3. The number of carbonyl (C=O) groups is 2. The van der Waals surface area contributed by atoms with Crippen molar-refractivity contribution < 1.29 is 9.59 Å². The summed E-state index contributed by atoms with van der Waals surface area (Å²) in [7, 11) is 0. The minimum Gasteiger partial charge on any atom is -0.345 e. The van der Waals surface area contributed by atoms with E-state index >= 15 is 0 Å². The summed E-state index contributed by atoms with van der Waals surface area (Å²) in [6.07, 6.45) is 4.40. The number of hydrogen-bond donors (Lipinski definition) is 2. The average molecular weight is 302 g/mol. The Bertz CT molecular complexity index is 557. The van der Waals surface area contributed by atoms with E-state index in [4.69, 9.17) is 0 Å². The zero-order valence-electron chi connectivity index (χ0n) is 14.0. The van der Waals surface area contributed by atoms with Gasteiger partial charge in [0.25, 0.3) is 0 Å². The molecule has 0 aromatic heterocycles. The predicted octanol–water partition coefficient (Wildman–Crippen LogP) is 3.25. The van der Waals surface area contributed by atoms with E-state index in [1.807, 2.05) is 32.9 Å². The molecule has 1 aromatic carbocycles. The molecule has 22 heavy (non-hydrogen) atoms. The molecule has 0 radical (unpaired) electrons. The molecule has 4 heteroatoms. The van der Waals surface area contributed by atoms with E-state index < -0.39 is 11.8 Å². The number of carbonyl (C=O) groups excluding carboxylic acids is 2. The lowest BCUT2D eigenvalue weighted by molar-refractivity contribution is -0.137. The predicted molar refractivity (Wildman–Crippen MR) is 88.8 cm³/mol. The maximum atomic E-state index is 12.2. The summed E-state index contributed by atoms with van der Waals surface area (Å²) in [4.78, 5) is 24.3. The molecule has 0 heterocycles. The molecule has 0 bridgehead atoms. The largest absolute Gasteiger partial charge is 0.345 e. The van der Waals surface area contributed by atoms with Gasteiger partial charge < -0.3 is 10.6 Å². The highest BCUT2D eigenvalue weighted by Gasteiger charge is 2.25. The first-order chi connectivity index (χ1) is 10.4. The molecule has 1 saturated carbocycles. The summed E-state index contributed by atoms with van der Waals surface area (Å²) in [5.74, 6) is -0.667. The lowest BCUT2D eigenvalue weighted by Crippen LogP contribution is -2.45. The molecule has 2 amide bonds. The molecule has 1 aromatic rings. The third-order valence-corrected chi connectivity index (χ3v) is 4.55.